The molecule has 2 unspecified atom stereocenters. The van der Waals surface area contributed by atoms with Crippen LogP contribution in [0.25, 0.3) is 0 Å². The number of anilines is 2. The summed E-state index contributed by atoms with van der Waals surface area (Å²) in [6.07, 6.45) is 3.43. The number of carbonyl (C=O) groups is 1. The third kappa shape index (κ3) is 5.57. The first-order valence-electron chi connectivity index (χ1n) is 11.9. The maximum Gasteiger partial charge on any atom is 0.265 e. The highest BCUT2D eigenvalue weighted by molar-refractivity contribution is 7.92. The van der Waals surface area contributed by atoms with E-state index in [1.54, 1.807) is 24.3 Å². The van der Waals surface area contributed by atoms with Crippen molar-refractivity contribution in [1.82, 2.24) is 4.98 Å². The van der Waals surface area contributed by atoms with Crippen molar-refractivity contribution in [3.05, 3.63) is 41.4 Å². The van der Waals surface area contributed by atoms with Gasteiger partial charge in [-0.25, -0.2) is 17.7 Å². The van der Waals surface area contributed by atoms with Crippen LogP contribution in [0.15, 0.2) is 41.3 Å². The highest BCUT2D eigenvalue weighted by Gasteiger charge is 2.37. The first kappa shape index (κ1) is 25.7. The molecule has 0 radical (unpaired) electrons. The number of nitrogens with zero attached hydrogens (tertiary/aromatic N) is 2. The lowest BCUT2D eigenvalue weighted by Crippen LogP contribution is -2.45. The van der Waals surface area contributed by atoms with E-state index in [4.69, 9.17) is 16.3 Å². The lowest BCUT2D eigenvalue weighted by Gasteiger charge is -2.36. The normalized spacial score (nSPS) is 21.1. The molecule has 1 aromatic carbocycles. The molecule has 0 spiro atoms. The number of pyridine rings is 1. The van der Waals surface area contributed by atoms with Gasteiger partial charge in [0, 0.05) is 10.9 Å². The number of ether oxygens (including phenoxy) is 1. The van der Waals surface area contributed by atoms with E-state index >= 15 is 0 Å². The molecule has 0 saturated heterocycles. The van der Waals surface area contributed by atoms with Crippen LogP contribution in [0, 0.1) is 17.3 Å². The fourth-order valence-electron chi connectivity index (χ4n) is 4.70. The Morgan fingerprint density at radius 1 is 1.29 bits per heavy atom. The largest absolute Gasteiger partial charge is 0.482 e. The molecule has 1 fully saturated rings. The molecule has 2 atom stereocenters. The molecule has 0 bridgehead atoms. The number of aromatic nitrogens is 1. The zero-order chi connectivity index (χ0) is 25.4. The number of carbonyl (C=O) groups excluding carboxylic acids is 1. The number of rotatable bonds is 6. The van der Waals surface area contributed by atoms with E-state index in [0.29, 0.717) is 11.3 Å². The minimum absolute atomic E-state index is 0.000349. The number of nitrogens with one attached hydrogen (secondary N) is 1. The van der Waals surface area contributed by atoms with Crippen LogP contribution in [0.1, 0.15) is 46.5 Å². The van der Waals surface area contributed by atoms with Gasteiger partial charge in [-0.2, -0.15) is 0 Å². The first-order valence-corrected chi connectivity index (χ1v) is 13.7. The van der Waals surface area contributed by atoms with Gasteiger partial charge in [0.05, 0.1) is 18.0 Å². The second kappa shape index (κ2) is 9.95. The summed E-state index contributed by atoms with van der Waals surface area (Å²) in [5.74, 6) is 0.478. The number of hydrogen-bond donors (Lipinski definition) is 2. The Kier molecular flexibility index (Phi) is 7.31. The summed E-state index contributed by atoms with van der Waals surface area (Å²) in [5.41, 5.74) is 0.317. The highest BCUT2D eigenvalue weighted by Crippen LogP contribution is 2.41. The number of aliphatic hydroxyl groups is 1. The summed E-state index contributed by atoms with van der Waals surface area (Å²) in [6.45, 7) is 5.96. The molecule has 4 rings (SSSR count). The van der Waals surface area contributed by atoms with Gasteiger partial charge in [0.1, 0.15) is 11.9 Å². The Balaban J connectivity index is 1.59. The molecule has 8 nitrogen and oxygen atoms in total. The lowest BCUT2D eigenvalue weighted by atomic mass is 9.69. The number of fused-ring (bicyclic) bond motifs is 1. The molecule has 1 aliphatic carbocycles. The molecular formula is C25H32ClN3O5S. The van der Waals surface area contributed by atoms with Crippen molar-refractivity contribution in [3.8, 4) is 5.75 Å². The first-order chi connectivity index (χ1) is 16.5. The van der Waals surface area contributed by atoms with Crippen LogP contribution in [-0.2, 0) is 14.8 Å². The van der Waals surface area contributed by atoms with Gasteiger partial charge in [-0.15, -0.1) is 0 Å². The van der Waals surface area contributed by atoms with Gasteiger partial charge in [-0.1, -0.05) is 38.4 Å². The molecule has 1 saturated carbocycles. The molecule has 35 heavy (non-hydrogen) atoms. The summed E-state index contributed by atoms with van der Waals surface area (Å²) in [7, 11) is -4.05. The zero-order valence-electron chi connectivity index (χ0n) is 20.2. The van der Waals surface area contributed by atoms with E-state index in [2.05, 4.69) is 24.1 Å². The van der Waals surface area contributed by atoms with Crippen LogP contribution in [0.2, 0.25) is 5.02 Å². The summed E-state index contributed by atoms with van der Waals surface area (Å²) in [5, 5.41) is 12.8. The number of benzene rings is 1. The number of hydrogen-bond acceptors (Lipinski definition) is 6. The predicted molar refractivity (Wildman–Crippen MR) is 135 cm³/mol. The van der Waals surface area contributed by atoms with Crippen molar-refractivity contribution < 1.29 is 23.1 Å². The third-order valence-corrected chi connectivity index (χ3v) is 9.07. The standard InChI is InChI=1S/C25H32ClN3O5S/c1-16(17-9-11-25(2,3)12-10-17)24(31)28-22-8-7-21-23(27-22)29(14-19(15-30)34-21)35(32,33)20-6-4-5-18(26)13-20/h4-8,13,16-17,19,30H,9-12,14-15H2,1-3H3,(H,27,28,31). The Hall–Kier alpha value is -2.36. The minimum Gasteiger partial charge on any atom is -0.482 e. The van der Waals surface area contributed by atoms with Crippen molar-refractivity contribution in [2.75, 3.05) is 22.8 Å². The van der Waals surface area contributed by atoms with Gasteiger partial charge in [0.15, 0.2) is 11.6 Å². The van der Waals surface area contributed by atoms with Crippen LogP contribution in [0.4, 0.5) is 11.6 Å². The molecule has 1 aromatic heterocycles. The smallest absolute Gasteiger partial charge is 0.265 e. The molecule has 1 aliphatic heterocycles. The van der Waals surface area contributed by atoms with Crippen LogP contribution >= 0.6 is 11.6 Å². The summed E-state index contributed by atoms with van der Waals surface area (Å²) >= 11 is 6.03. The lowest BCUT2D eigenvalue weighted by molar-refractivity contribution is -0.121. The van der Waals surface area contributed by atoms with Gasteiger partial charge < -0.3 is 15.2 Å². The monoisotopic (exact) mass is 521 g/mol. The summed E-state index contributed by atoms with van der Waals surface area (Å²) in [4.78, 5) is 17.5. The summed E-state index contributed by atoms with van der Waals surface area (Å²) < 4.78 is 33.8. The van der Waals surface area contributed by atoms with Crippen LogP contribution < -0.4 is 14.4 Å². The average Bonchev–Trinajstić information content (AvgIpc) is 2.82. The third-order valence-electron chi connectivity index (χ3n) is 7.08. The molecular weight excluding hydrogens is 490 g/mol. The summed E-state index contributed by atoms with van der Waals surface area (Å²) in [6, 6.07) is 9.09. The van der Waals surface area contributed by atoms with E-state index in [9.17, 15) is 18.3 Å². The molecule has 10 heteroatoms. The van der Waals surface area contributed by atoms with E-state index in [1.165, 1.54) is 12.1 Å². The van der Waals surface area contributed by atoms with Crippen molar-refractivity contribution in [2.24, 2.45) is 17.3 Å². The number of sulfonamides is 1. The van der Waals surface area contributed by atoms with Crippen LogP contribution in [0.3, 0.4) is 0 Å². The van der Waals surface area contributed by atoms with E-state index in [1.807, 2.05) is 6.92 Å². The van der Waals surface area contributed by atoms with Gasteiger partial charge in [-0.05, 0) is 67.3 Å². The van der Waals surface area contributed by atoms with Gasteiger partial charge >= 0.3 is 0 Å². The maximum absolute atomic E-state index is 13.5. The Bertz CT molecular complexity index is 1190. The quantitative estimate of drug-likeness (QED) is 0.580. The molecule has 2 aliphatic rings. The van der Waals surface area contributed by atoms with Gasteiger partial charge in [0.2, 0.25) is 5.91 Å². The predicted octanol–water partition coefficient (Wildman–Crippen LogP) is 4.47. The number of halogens is 1. The Morgan fingerprint density at radius 2 is 2.00 bits per heavy atom. The molecule has 1 amide bonds. The van der Waals surface area contributed by atoms with Gasteiger partial charge in [-0.3, -0.25) is 4.79 Å². The SMILES string of the molecule is CC(C(=O)Nc1ccc2c(n1)N(S(=O)(=O)c1cccc(Cl)c1)CC(CO)O2)C1CCC(C)(C)CC1. The van der Waals surface area contributed by atoms with Crippen molar-refractivity contribution in [1.29, 1.82) is 0 Å². The minimum atomic E-state index is -4.05. The highest BCUT2D eigenvalue weighted by atomic mass is 35.5. The second-order valence-electron chi connectivity index (χ2n) is 10.2. The van der Waals surface area contributed by atoms with Crippen molar-refractivity contribution in [2.45, 2.75) is 57.5 Å². The Morgan fingerprint density at radius 3 is 2.66 bits per heavy atom. The number of amides is 1. The van der Waals surface area contributed by atoms with Crippen LogP contribution in [-0.4, -0.2) is 43.7 Å². The second-order valence-corrected chi connectivity index (χ2v) is 12.5. The van der Waals surface area contributed by atoms with Gasteiger partial charge in [0.25, 0.3) is 10.0 Å². The van der Waals surface area contributed by atoms with Crippen LogP contribution in [0.5, 0.6) is 5.75 Å². The van der Waals surface area contributed by atoms with E-state index in [-0.39, 0.29) is 52.3 Å². The fourth-order valence-corrected chi connectivity index (χ4v) is 6.46. The van der Waals surface area contributed by atoms with Crippen molar-refractivity contribution >= 4 is 39.2 Å². The maximum atomic E-state index is 13.5. The average molecular weight is 522 g/mol. The Labute approximate surface area is 211 Å². The topological polar surface area (TPSA) is 109 Å². The zero-order valence-corrected chi connectivity index (χ0v) is 21.8. The van der Waals surface area contributed by atoms with E-state index in [0.717, 1.165) is 30.0 Å². The molecule has 2 aromatic rings. The molecule has 2 N–H and O–H groups in total. The molecule has 2 heterocycles. The van der Waals surface area contributed by atoms with Crippen molar-refractivity contribution in [3.63, 3.8) is 0 Å². The van der Waals surface area contributed by atoms with E-state index < -0.39 is 16.1 Å². The molecule has 190 valence electrons. The fraction of sp³-hybridized carbons (Fsp3) is 0.520. The number of aliphatic hydroxyl groups excluding tert-OH is 1.